The van der Waals surface area contributed by atoms with E-state index in [0.29, 0.717) is 17.2 Å². The van der Waals surface area contributed by atoms with Crippen molar-refractivity contribution in [2.24, 2.45) is 7.05 Å². The summed E-state index contributed by atoms with van der Waals surface area (Å²) >= 11 is 0. The number of methoxy groups -OCH3 is 3. The van der Waals surface area contributed by atoms with Crippen molar-refractivity contribution in [2.45, 2.75) is 39.0 Å². The second kappa shape index (κ2) is 9.30. The maximum Gasteiger partial charge on any atom is 0.203 e. The highest BCUT2D eigenvalue weighted by atomic mass is 16.5. The minimum absolute atomic E-state index is 0.267. The zero-order valence-electron chi connectivity index (χ0n) is 17.5. The van der Waals surface area contributed by atoms with Gasteiger partial charge in [-0.15, -0.1) is 0 Å². The summed E-state index contributed by atoms with van der Waals surface area (Å²) in [6.45, 7) is 5.34. The lowest BCUT2D eigenvalue weighted by atomic mass is 10.1. The fraction of sp³-hybridized carbons (Fsp3) is 0.571. The van der Waals surface area contributed by atoms with Crippen LogP contribution in [-0.2, 0) is 24.9 Å². The summed E-state index contributed by atoms with van der Waals surface area (Å²) in [4.78, 5) is 2.39. The van der Waals surface area contributed by atoms with Crippen molar-refractivity contribution in [1.29, 1.82) is 0 Å². The monoisotopic (exact) mass is 389 g/mol. The van der Waals surface area contributed by atoms with Gasteiger partial charge in [-0.25, -0.2) is 0 Å². The molecule has 1 fully saturated rings. The number of aromatic nitrogens is 2. The van der Waals surface area contributed by atoms with E-state index in [1.807, 2.05) is 30.1 Å². The van der Waals surface area contributed by atoms with Gasteiger partial charge in [0.05, 0.1) is 33.6 Å². The lowest BCUT2D eigenvalue weighted by Crippen LogP contribution is -2.31. The largest absolute Gasteiger partial charge is 0.493 e. The molecule has 1 aliphatic heterocycles. The van der Waals surface area contributed by atoms with E-state index in [0.717, 1.165) is 44.6 Å². The van der Waals surface area contributed by atoms with Gasteiger partial charge in [0.25, 0.3) is 0 Å². The van der Waals surface area contributed by atoms with E-state index >= 15 is 0 Å². The number of benzene rings is 1. The summed E-state index contributed by atoms with van der Waals surface area (Å²) < 4.78 is 24.4. The standard InChI is InChI=1S/C21H31N3O4/c1-15-17(11-22-23(15)2)13-24(14-18-7-6-10-28-18)12-16-8-9-19(25-3)21(27-5)20(16)26-4/h8-9,11,18H,6-7,10,12-14H2,1-5H3/t18-/m0/s1. The Balaban J connectivity index is 1.86. The van der Waals surface area contributed by atoms with Crippen LogP contribution in [0.15, 0.2) is 18.3 Å². The third-order valence-electron chi connectivity index (χ3n) is 5.40. The van der Waals surface area contributed by atoms with Gasteiger partial charge < -0.3 is 18.9 Å². The van der Waals surface area contributed by atoms with Gasteiger partial charge >= 0.3 is 0 Å². The Bertz CT molecular complexity index is 784. The van der Waals surface area contributed by atoms with Gasteiger partial charge in [-0.05, 0) is 25.8 Å². The molecule has 0 unspecified atom stereocenters. The van der Waals surface area contributed by atoms with Gasteiger partial charge in [0.2, 0.25) is 5.75 Å². The average Bonchev–Trinajstić information content (AvgIpc) is 3.32. The molecule has 0 amide bonds. The van der Waals surface area contributed by atoms with Crippen molar-refractivity contribution in [3.8, 4) is 17.2 Å². The van der Waals surface area contributed by atoms with Crippen LogP contribution in [0.25, 0.3) is 0 Å². The Morgan fingerprint density at radius 2 is 1.86 bits per heavy atom. The smallest absolute Gasteiger partial charge is 0.203 e. The van der Waals surface area contributed by atoms with E-state index in [-0.39, 0.29) is 6.10 Å². The van der Waals surface area contributed by atoms with E-state index in [1.165, 1.54) is 11.3 Å². The zero-order valence-corrected chi connectivity index (χ0v) is 17.5. The van der Waals surface area contributed by atoms with Crippen LogP contribution in [0.3, 0.4) is 0 Å². The molecule has 0 radical (unpaired) electrons. The quantitative estimate of drug-likeness (QED) is 0.657. The van der Waals surface area contributed by atoms with Crippen molar-refractivity contribution < 1.29 is 18.9 Å². The highest BCUT2D eigenvalue weighted by Crippen LogP contribution is 2.40. The van der Waals surface area contributed by atoms with Crippen molar-refractivity contribution in [1.82, 2.24) is 14.7 Å². The van der Waals surface area contributed by atoms with Gasteiger partial charge in [-0.2, -0.15) is 5.10 Å². The van der Waals surface area contributed by atoms with Crippen LogP contribution in [0.2, 0.25) is 0 Å². The first-order valence-electron chi connectivity index (χ1n) is 9.66. The Morgan fingerprint density at radius 1 is 1.11 bits per heavy atom. The molecule has 1 aromatic heterocycles. The molecule has 1 saturated heterocycles. The molecule has 28 heavy (non-hydrogen) atoms. The molecule has 2 aromatic rings. The summed E-state index contributed by atoms with van der Waals surface area (Å²) in [6, 6.07) is 3.97. The van der Waals surface area contributed by atoms with Crippen LogP contribution in [0.5, 0.6) is 17.2 Å². The van der Waals surface area contributed by atoms with Crippen LogP contribution in [0.4, 0.5) is 0 Å². The lowest BCUT2D eigenvalue weighted by molar-refractivity contribution is 0.0675. The van der Waals surface area contributed by atoms with Crippen LogP contribution < -0.4 is 14.2 Å². The molecule has 7 heteroatoms. The summed E-state index contributed by atoms with van der Waals surface area (Å²) in [5.41, 5.74) is 3.45. The highest BCUT2D eigenvalue weighted by molar-refractivity contribution is 5.55. The molecule has 3 rings (SSSR count). The van der Waals surface area contributed by atoms with E-state index in [1.54, 1.807) is 21.3 Å². The second-order valence-electron chi connectivity index (χ2n) is 7.18. The Hall–Kier alpha value is -2.25. The molecular weight excluding hydrogens is 358 g/mol. The van der Waals surface area contributed by atoms with Crippen LogP contribution >= 0.6 is 0 Å². The predicted molar refractivity (Wildman–Crippen MR) is 107 cm³/mol. The molecule has 0 N–H and O–H groups in total. The summed E-state index contributed by atoms with van der Waals surface area (Å²) in [5, 5.41) is 4.39. The molecule has 0 aliphatic carbocycles. The van der Waals surface area contributed by atoms with Crippen molar-refractivity contribution in [3.63, 3.8) is 0 Å². The molecule has 2 heterocycles. The van der Waals surface area contributed by atoms with Gasteiger partial charge in [-0.1, -0.05) is 6.07 Å². The number of ether oxygens (including phenoxy) is 4. The third-order valence-corrected chi connectivity index (χ3v) is 5.40. The van der Waals surface area contributed by atoms with E-state index in [2.05, 4.69) is 16.9 Å². The fourth-order valence-electron chi connectivity index (χ4n) is 3.73. The van der Waals surface area contributed by atoms with Gasteiger partial charge in [0, 0.05) is 50.1 Å². The van der Waals surface area contributed by atoms with E-state index in [4.69, 9.17) is 18.9 Å². The second-order valence-corrected chi connectivity index (χ2v) is 7.18. The minimum atomic E-state index is 0.267. The van der Waals surface area contributed by atoms with Crippen LogP contribution in [0, 0.1) is 6.92 Å². The molecule has 1 atom stereocenters. The van der Waals surface area contributed by atoms with Crippen molar-refractivity contribution >= 4 is 0 Å². The molecule has 1 aromatic carbocycles. The number of hydrogen-bond donors (Lipinski definition) is 0. The SMILES string of the molecule is COc1ccc(CN(Cc2cnn(C)c2C)C[C@@H]2CCCO2)c(OC)c1OC. The van der Waals surface area contributed by atoms with Crippen LogP contribution in [0.1, 0.15) is 29.7 Å². The summed E-state index contributed by atoms with van der Waals surface area (Å²) in [6.07, 6.45) is 4.45. The number of rotatable bonds is 9. The number of hydrogen-bond acceptors (Lipinski definition) is 6. The topological polar surface area (TPSA) is 58.0 Å². The first-order valence-corrected chi connectivity index (χ1v) is 9.66. The van der Waals surface area contributed by atoms with Gasteiger partial charge in [0.15, 0.2) is 11.5 Å². The average molecular weight is 389 g/mol. The normalized spacial score (nSPS) is 16.6. The lowest BCUT2D eigenvalue weighted by Gasteiger charge is -2.26. The molecule has 0 spiro atoms. The maximum atomic E-state index is 5.89. The van der Waals surface area contributed by atoms with Gasteiger partial charge in [0.1, 0.15) is 0 Å². The molecular formula is C21H31N3O4. The first-order chi connectivity index (χ1) is 13.6. The van der Waals surface area contributed by atoms with Gasteiger partial charge in [-0.3, -0.25) is 9.58 Å². The first kappa shape index (κ1) is 20.5. The molecule has 0 saturated carbocycles. The Kier molecular flexibility index (Phi) is 6.80. The zero-order chi connectivity index (χ0) is 20.1. The van der Waals surface area contributed by atoms with Crippen molar-refractivity contribution in [3.05, 3.63) is 35.2 Å². The molecule has 154 valence electrons. The number of nitrogens with zero attached hydrogens (tertiary/aromatic N) is 3. The van der Waals surface area contributed by atoms with Crippen molar-refractivity contribution in [2.75, 3.05) is 34.5 Å². The predicted octanol–water partition coefficient (Wildman–Crippen LogP) is 2.94. The molecule has 0 bridgehead atoms. The Morgan fingerprint density at radius 3 is 2.43 bits per heavy atom. The maximum absolute atomic E-state index is 5.89. The number of aryl methyl sites for hydroxylation is 1. The fourth-order valence-corrected chi connectivity index (χ4v) is 3.73. The van der Waals surface area contributed by atoms with Crippen LogP contribution in [-0.4, -0.2) is 55.3 Å². The minimum Gasteiger partial charge on any atom is -0.493 e. The molecule has 1 aliphatic rings. The summed E-state index contributed by atoms with van der Waals surface area (Å²) in [7, 11) is 6.90. The third kappa shape index (κ3) is 4.42. The molecule has 7 nitrogen and oxygen atoms in total. The van der Waals surface area contributed by atoms with E-state index in [9.17, 15) is 0 Å². The van der Waals surface area contributed by atoms with E-state index < -0.39 is 0 Å². The summed E-state index contributed by atoms with van der Waals surface area (Å²) in [5.74, 6) is 2.00. The Labute approximate surface area is 167 Å². The highest BCUT2D eigenvalue weighted by Gasteiger charge is 2.23.